The molecule has 1 unspecified atom stereocenters. The Morgan fingerprint density at radius 2 is 2.22 bits per heavy atom. The van der Waals surface area contributed by atoms with Gasteiger partial charge in [0.1, 0.15) is 5.75 Å². The lowest BCUT2D eigenvalue weighted by atomic mass is 9.91. The van der Waals surface area contributed by atoms with Crippen molar-refractivity contribution >= 4 is 5.97 Å². The second-order valence-corrected chi connectivity index (χ2v) is 4.59. The Labute approximate surface area is 107 Å². The molecule has 1 aromatic carbocycles. The number of ether oxygens (including phenoxy) is 2. The first-order chi connectivity index (χ1) is 8.65. The lowest BCUT2D eigenvalue weighted by molar-refractivity contribution is -0.142. The molecule has 0 saturated heterocycles. The molecule has 1 heterocycles. The largest absolute Gasteiger partial charge is 0.497 e. The predicted molar refractivity (Wildman–Crippen MR) is 68.7 cm³/mol. The zero-order valence-electron chi connectivity index (χ0n) is 11.1. The number of esters is 1. The fourth-order valence-corrected chi connectivity index (χ4v) is 2.45. The third-order valence-corrected chi connectivity index (χ3v) is 3.56. The van der Waals surface area contributed by atoms with Crippen molar-refractivity contribution in [2.75, 3.05) is 27.8 Å². The molecule has 0 radical (unpaired) electrons. The van der Waals surface area contributed by atoms with Gasteiger partial charge in [0.15, 0.2) is 0 Å². The van der Waals surface area contributed by atoms with Gasteiger partial charge in [0.2, 0.25) is 0 Å². The predicted octanol–water partition coefficient (Wildman–Crippen LogP) is 1.79. The molecule has 4 heteroatoms. The van der Waals surface area contributed by atoms with Crippen LogP contribution in [0.5, 0.6) is 5.75 Å². The van der Waals surface area contributed by atoms with Crippen molar-refractivity contribution in [3.8, 4) is 5.75 Å². The molecule has 18 heavy (non-hydrogen) atoms. The van der Waals surface area contributed by atoms with Crippen LogP contribution in [0.25, 0.3) is 0 Å². The Balaban J connectivity index is 2.29. The van der Waals surface area contributed by atoms with Crippen LogP contribution in [0.4, 0.5) is 0 Å². The van der Waals surface area contributed by atoms with Crippen molar-refractivity contribution in [2.45, 2.75) is 18.9 Å². The topological polar surface area (TPSA) is 38.8 Å². The summed E-state index contributed by atoms with van der Waals surface area (Å²) in [6, 6.07) is 6.17. The molecular weight excluding hydrogens is 230 g/mol. The van der Waals surface area contributed by atoms with Crippen LogP contribution in [0.2, 0.25) is 0 Å². The number of likely N-dealkylation sites (N-methyl/N-ethyl adjacent to an activating group) is 1. The highest BCUT2D eigenvalue weighted by Gasteiger charge is 2.27. The lowest BCUT2D eigenvalue weighted by Gasteiger charge is -2.34. The number of fused-ring (bicyclic) bond motifs is 1. The van der Waals surface area contributed by atoms with Crippen LogP contribution in [-0.4, -0.2) is 38.7 Å². The van der Waals surface area contributed by atoms with Gasteiger partial charge in [-0.3, -0.25) is 9.69 Å². The van der Waals surface area contributed by atoms with Crippen molar-refractivity contribution in [3.63, 3.8) is 0 Å². The van der Waals surface area contributed by atoms with E-state index in [9.17, 15) is 4.79 Å². The Morgan fingerprint density at radius 1 is 1.44 bits per heavy atom. The highest BCUT2D eigenvalue weighted by molar-refractivity contribution is 5.70. The van der Waals surface area contributed by atoms with Gasteiger partial charge in [-0.05, 0) is 36.7 Å². The second kappa shape index (κ2) is 5.40. The molecule has 2 rings (SSSR count). The fourth-order valence-electron chi connectivity index (χ4n) is 2.45. The third-order valence-electron chi connectivity index (χ3n) is 3.56. The number of rotatable bonds is 3. The van der Waals surface area contributed by atoms with Gasteiger partial charge in [-0.15, -0.1) is 0 Å². The molecule has 0 aliphatic carbocycles. The molecule has 0 fully saturated rings. The summed E-state index contributed by atoms with van der Waals surface area (Å²) in [7, 11) is 5.14. The monoisotopic (exact) mass is 249 g/mol. The normalized spacial score (nSPS) is 19.2. The van der Waals surface area contributed by atoms with Crippen molar-refractivity contribution in [1.29, 1.82) is 0 Å². The van der Waals surface area contributed by atoms with Gasteiger partial charge in [-0.25, -0.2) is 0 Å². The number of benzene rings is 1. The highest BCUT2D eigenvalue weighted by atomic mass is 16.5. The molecule has 0 bridgehead atoms. The Bertz CT molecular complexity index is 445. The third kappa shape index (κ3) is 2.48. The molecule has 98 valence electrons. The molecule has 1 atom stereocenters. The second-order valence-electron chi connectivity index (χ2n) is 4.59. The smallest absolute Gasteiger partial charge is 0.307 e. The number of methoxy groups -OCH3 is 2. The number of hydrogen-bond acceptors (Lipinski definition) is 4. The minimum Gasteiger partial charge on any atom is -0.497 e. The van der Waals surface area contributed by atoms with E-state index in [1.807, 2.05) is 13.1 Å². The summed E-state index contributed by atoms with van der Waals surface area (Å²) in [5, 5.41) is 0. The van der Waals surface area contributed by atoms with Gasteiger partial charge in [-0.2, -0.15) is 0 Å². The van der Waals surface area contributed by atoms with Gasteiger partial charge in [-0.1, -0.05) is 6.07 Å². The van der Waals surface area contributed by atoms with Gasteiger partial charge in [0.25, 0.3) is 0 Å². The van der Waals surface area contributed by atoms with Gasteiger partial charge in [0.05, 0.1) is 20.6 Å². The van der Waals surface area contributed by atoms with Crippen LogP contribution in [0.1, 0.15) is 23.6 Å². The SMILES string of the molecule is COC(=O)CC1c2ccc(OC)cc2CCN1C. The van der Waals surface area contributed by atoms with Crippen LogP contribution < -0.4 is 4.74 Å². The highest BCUT2D eigenvalue weighted by Crippen LogP contribution is 2.33. The molecule has 0 saturated carbocycles. The number of carbonyl (C=O) groups is 1. The maximum Gasteiger partial charge on any atom is 0.307 e. The molecule has 4 nitrogen and oxygen atoms in total. The summed E-state index contributed by atoms with van der Waals surface area (Å²) in [4.78, 5) is 13.7. The zero-order chi connectivity index (χ0) is 13.1. The number of carbonyl (C=O) groups excluding carboxylic acids is 1. The molecule has 1 aromatic rings. The molecule has 1 aliphatic rings. The minimum absolute atomic E-state index is 0.104. The van der Waals surface area contributed by atoms with E-state index >= 15 is 0 Å². The summed E-state index contributed by atoms with van der Waals surface area (Å²) in [6.45, 7) is 0.946. The molecular formula is C14H19NO3. The molecule has 1 aliphatic heterocycles. The first-order valence-corrected chi connectivity index (χ1v) is 6.09. The fraction of sp³-hybridized carbons (Fsp3) is 0.500. The molecule has 0 amide bonds. The van der Waals surface area contributed by atoms with E-state index in [0.29, 0.717) is 6.42 Å². The molecule has 0 aromatic heterocycles. The summed E-state index contributed by atoms with van der Waals surface area (Å²) in [6.07, 6.45) is 1.38. The molecule has 0 N–H and O–H groups in total. The quantitative estimate of drug-likeness (QED) is 0.766. The average molecular weight is 249 g/mol. The van der Waals surface area contributed by atoms with Crippen molar-refractivity contribution in [2.24, 2.45) is 0 Å². The Hall–Kier alpha value is -1.55. The maximum absolute atomic E-state index is 11.5. The standard InChI is InChI=1S/C14H19NO3/c1-15-7-6-10-8-11(17-2)4-5-12(10)13(15)9-14(16)18-3/h4-5,8,13H,6-7,9H2,1-3H3. The van der Waals surface area contributed by atoms with E-state index in [0.717, 1.165) is 18.7 Å². The van der Waals surface area contributed by atoms with E-state index < -0.39 is 0 Å². The van der Waals surface area contributed by atoms with Crippen LogP contribution in [0.15, 0.2) is 18.2 Å². The van der Waals surface area contributed by atoms with Crippen molar-refractivity contribution < 1.29 is 14.3 Å². The number of nitrogens with zero attached hydrogens (tertiary/aromatic N) is 1. The summed E-state index contributed by atoms with van der Waals surface area (Å²) >= 11 is 0. The average Bonchev–Trinajstić information content (AvgIpc) is 2.41. The summed E-state index contributed by atoms with van der Waals surface area (Å²) in [5.74, 6) is 0.700. The Kier molecular flexibility index (Phi) is 3.87. The van der Waals surface area contributed by atoms with Crippen LogP contribution in [0, 0.1) is 0 Å². The first-order valence-electron chi connectivity index (χ1n) is 6.09. The molecule has 0 spiro atoms. The first kappa shape index (κ1) is 12.9. The summed E-state index contributed by atoms with van der Waals surface area (Å²) in [5.41, 5.74) is 2.47. The number of hydrogen-bond donors (Lipinski definition) is 0. The van der Waals surface area contributed by atoms with Crippen molar-refractivity contribution in [3.05, 3.63) is 29.3 Å². The Morgan fingerprint density at radius 3 is 2.89 bits per heavy atom. The van der Waals surface area contributed by atoms with Crippen LogP contribution >= 0.6 is 0 Å². The minimum atomic E-state index is -0.171. The lowest BCUT2D eigenvalue weighted by Crippen LogP contribution is -2.33. The van der Waals surface area contributed by atoms with Gasteiger partial charge < -0.3 is 9.47 Å². The van der Waals surface area contributed by atoms with E-state index in [-0.39, 0.29) is 12.0 Å². The van der Waals surface area contributed by atoms with Gasteiger partial charge >= 0.3 is 5.97 Å². The summed E-state index contributed by atoms with van der Waals surface area (Å²) < 4.78 is 10.0. The van der Waals surface area contributed by atoms with E-state index in [4.69, 9.17) is 9.47 Å². The maximum atomic E-state index is 11.5. The van der Waals surface area contributed by atoms with Gasteiger partial charge in [0, 0.05) is 12.6 Å². The van der Waals surface area contributed by atoms with E-state index in [2.05, 4.69) is 17.0 Å². The van der Waals surface area contributed by atoms with Crippen LogP contribution in [0.3, 0.4) is 0 Å². The van der Waals surface area contributed by atoms with E-state index in [1.165, 1.54) is 18.2 Å². The van der Waals surface area contributed by atoms with Crippen LogP contribution in [-0.2, 0) is 16.0 Å². The zero-order valence-corrected chi connectivity index (χ0v) is 11.1. The van der Waals surface area contributed by atoms with Crippen molar-refractivity contribution in [1.82, 2.24) is 4.90 Å². The van der Waals surface area contributed by atoms with E-state index in [1.54, 1.807) is 7.11 Å².